The molecule has 9 heteroatoms. The molecule has 0 aliphatic carbocycles. The molecule has 1 aliphatic rings. The molecule has 4 aromatic rings. The lowest BCUT2D eigenvalue weighted by molar-refractivity contribution is -0.115. The summed E-state index contributed by atoms with van der Waals surface area (Å²) in [5, 5.41) is 7.21. The zero-order valence-corrected chi connectivity index (χ0v) is 20.3. The van der Waals surface area contributed by atoms with Gasteiger partial charge in [0.1, 0.15) is 18.2 Å². The number of anilines is 2. The van der Waals surface area contributed by atoms with Crippen molar-refractivity contribution in [3.05, 3.63) is 84.1 Å². The van der Waals surface area contributed by atoms with Crippen LogP contribution >= 0.6 is 0 Å². The molecule has 0 saturated carbocycles. The van der Waals surface area contributed by atoms with Gasteiger partial charge in [0.05, 0.1) is 17.1 Å². The normalized spacial score (nSPS) is 13.8. The van der Waals surface area contributed by atoms with E-state index in [9.17, 15) is 13.2 Å². The lowest BCUT2D eigenvalue weighted by Crippen LogP contribution is -2.38. The Balaban J connectivity index is 1.47. The summed E-state index contributed by atoms with van der Waals surface area (Å²) in [5.74, 6) is 0.777. The summed E-state index contributed by atoms with van der Waals surface area (Å²) >= 11 is 0. The Bertz CT molecular complexity index is 1650. The van der Waals surface area contributed by atoms with Crippen LogP contribution in [0.25, 0.3) is 28.0 Å². The molecule has 1 aromatic heterocycles. The number of carbonyl (C=O) groups excluding carboxylic acids is 1. The van der Waals surface area contributed by atoms with Crippen molar-refractivity contribution in [1.29, 1.82) is 0 Å². The van der Waals surface area contributed by atoms with Crippen molar-refractivity contribution in [3.63, 3.8) is 0 Å². The van der Waals surface area contributed by atoms with E-state index in [-0.39, 0.29) is 10.8 Å². The number of carbonyl (C=O) groups is 1. The molecule has 8 nitrogen and oxygen atoms in total. The smallest absolute Gasteiger partial charge is 0.254 e. The SMILES string of the molecule is C/C(=C\c1ccc2ccnc(N)c2c1)C(=O)N1CCOc2cc(-c3ccccc3S(N)(=O)=O)ccc21. The van der Waals surface area contributed by atoms with E-state index in [1.807, 2.05) is 30.3 Å². The number of rotatable bonds is 4. The predicted octanol–water partition coefficient (Wildman–Crippen LogP) is 3.96. The van der Waals surface area contributed by atoms with E-state index in [1.165, 1.54) is 6.07 Å². The van der Waals surface area contributed by atoms with Gasteiger partial charge in [0.25, 0.3) is 5.91 Å². The van der Waals surface area contributed by atoms with Crippen molar-refractivity contribution in [1.82, 2.24) is 4.98 Å². The van der Waals surface area contributed by atoms with Gasteiger partial charge in [0.15, 0.2) is 0 Å². The van der Waals surface area contributed by atoms with Crippen molar-refractivity contribution in [2.75, 3.05) is 23.8 Å². The van der Waals surface area contributed by atoms with Gasteiger partial charge < -0.3 is 15.4 Å². The second kappa shape index (κ2) is 9.10. The van der Waals surface area contributed by atoms with E-state index in [1.54, 1.807) is 54.4 Å². The monoisotopic (exact) mass is 500 g/mol. The second-order valence-corrected chi connectivity index (χ2v) is 10.1. The van der Waals surface area contributed by atoms with E-state index in [0.717, 1.165) is 16.3 Å². The Morgan fingerprint density at radius 3 is 2.69 bits per heavy atom. The number of hydrogen-bond acceptors (Lipinski definition) is 6. The van der Waals surface area contributed by atoms with Crippen LogP contribution in [0.3, 0.4) is 0 Å². The quantitative estimate of drug-likeness (QED) is 0.408. The highest BCUT2D eigenvalue weighted by atomic mass is 32.2. The van der Waals surface area contributed by atoms with E-state index < -0.39 is 10.0 Å². The first-order valence-electron chi connectivity index (χ1n) is 11.3. The Hall–Kier alpha value is -4.21. The van der Waals surface area contributed by atoms with Crippen molar-refractivity contribution in [2.45, 2.75) is 11.8 Å². The number of nitrogens with two attached hydrogens (primary N) is 2. The summed E-state index contributed by atoms with van der Waals surface area (Å²) in [6.45, 7) is 2.47. The number of nitrogens with zero attached hydrogens (tertiary/aromatic N) is 2. The van der Waals surface area contributed by atoms with Crippen LogP contribution in [0.15, 0.2) is 83.4 Å². The first kappa shape index (κ1) is 23.5. The second-order valence-electron chi connectivity index (χ2n) is 8.53. The van der Waals surface area contributed by atoms with Gasteiger partial charge in [-0.25, -0.2) is 18.5 Å². The Labute approximate surface area is 208 Å². The van der Waals surface area contributed by atoms with Crippen LogP contribution in [0, 0.1) is 0 Å². The third-order valence-electron chi connectivity index (χ3n) is 6.11. The Morgan fingerprint density at radius 1 is 1.08 bits per heavy atom. The number of benzene rings is 3. The lowest BCUT2D eigenvalue weighted by atomic mass is 10.0. The first-order valence-corrected chi connectivity index (χ1v) is 12.8. The molecule has 0 atom stereocenters. The van der Waals surface area contributed by atoms with Crippen LogP contribution in [0.5, 0.6) is 5.75 Å². The molecule has 0 saturated heterocycles. The Morgan fingerprint density at radius 2 is 1.89 bits per heavy atom. The zero-order valence-electron chi connectivity index (χ0n) is 19.5. The molecule has 1 amide bonds. The fraction of sp³-hybridized carbons (Fsp3) is 0.111. The molecule has 5 rings (SSSR count). The highest BCUT2D eigenvalue weighted by molar-refractivity contribution is 7.89. The van der Waals surface area contributed by atoms with Crippen LogP contribution in [-0.2, 0) is 14.8 Å². The first-order chi connectivity index (χ1) is 17.2. The third-order valence-corrected chi connectivity index (χ3v) is 7.08. The number of pyridine rings is 1. The van der Waals surface area contributed by atoms with Gasteiger partial charge in [0.2, 0.25) is 10.0 Å². The standard InChI is InChI=1S/C27H24N4O4S/c1-17(14-18-6-7-19-10-11-30-26(28)22(19)15-18)27(32)31-12-13-35-24-16-20(8-9-23(24)31)21-4-2-3-5-25(21)36(29,33)34/h2-11,14-16H,12-13H2,1H3,(H2,28,30)(H2,29,33,34)/b17-14+. The van der Waals surface area contributed by atoms with Crippen LogP contribution in [0.1, 0.15) is 12.5 Å². The van der Waals surface area contributed by atoms with Gasteiger partial charge in [-0.1, -0.05) is 36.4 Å². The molecule has 3 aromatic carbocycles. The average Bonchev–Trinajstić information content (AvgIpc) is 2.87. The summed E-state index contributed by atoms with van der Waals surface area (Å²) in [7, 11) is -3.91. The van der Waals surface area contributed by atoms with Crippen LogP contribution in [0.4, 0.5) is 11.5 Å². The molecule has 36 heavy (non-hydrogen) atoms. The van der Waals surface area contributed by atoms with E-state index in [4.69, 9.17) is 15.6 Å². The number of sulfonamides is 1. The number of primary sulfonamides is 1. The van der Waals surface area contributed by atoms with Gasteiger partial charge in [-0.15, -0.1) is 0 Å². The largest absolute Gasteiger partial charge is 0.490 e. The fourth-order valence-electron chi connectivity index (χ4n) is 4.37. The molecule has 2 heterocycles. The maximum absolute atomic E-state index is 13.4. The number of amides is 1. The maximum atomic E-state index is 13.4. The highest BCUT2D eigenvalue weighted by Crippen LogP contribution is 2.38. The topological polar surface area (TPSA) is 129 Å². The minimum absolute atomic E-state index is 0.0266. The van der Waals surface area contributed by atoms with Gasteiger partial charge >= 0.3 is 0 Å². The summed E-state index contributed by atoms with van der Waals surface area (Å²) in [6.07, 6.45) is 3.48. The number of fused-ring (bicyclic) bond motifs is 2. The molecule has 1 aliphatic heterocycles. The third kappa shape index (κ3) is 4.41. The van der Waals surface area contributed by atoms with Crippen LogP contribution < -0.4 is 20.5 Å². The molecule has 4 N–H and O–H groups in total. The summed E-state index contributed by atoms with van der Waals surface area (Å²) in [4.78, 5) is 19.2. The van der Waals surface area contributed by atoms with Gasteiger partial charge in [0, 0.05) is 22.7 Å². The molecular weight excluding hydrogens is 476 g/mol. The lowest BCUT2D eigenvalue weighted by Gasteiger charge is -2.30. The van der Waals surface area contributed by atoms with Gasteiger partial charge in [-0.05, 0) is 59.8 Å². The minimum atomic E-state index is -3.91. The summed E-state index contributed by atoms with van der Waals surface area (Å²) in [6, 6.07) is 19.4. The molecule has 0 radical (unpaired) electrons. The van der Waals surface area contributed by atoms with Crippen molar-refractivity contribution in [2.24, 2.45) is 5.14 Å². The van der Waals surface area contributed by atoms with Crippen LogP contribution in [-0.4, -0.2) is 32.5 Å². The van der Waals surface area contributed by atoms with E-state index >= 15 is 0 Å². The van der Waals surface area contributed by atoms with Crippen LogP contribution in [0.2, 0.25) is 0 Å². The zero-order chi connectivity index (χ0) is 25.4. The van der Waals surface area contributed by atoms with Crippen molar-refractivity contribution < 1.29 is 17.9 Å². The number of nitrogen functional groups attached to an aromatic ring is 1. The van der Waals surface area contributed by atoms with E-state index in [2.05, 4.69) is 4.98 Å². The van der Waals surface area contributed by atoms with Gasteiger partial charge in [-0.3, -0.25) is 4.79 Å². The van der Waals surface area contributed by atoms with E-state index in [0.29, 0.717) is 47.1 Å². The summed E-state index contributed by atoms with van der Waals surface area (Å²) in [5.41, 5.74) is 9.11. The average molecular weight is 501 g/mol. The molecular formula is C27H24N4O4S. The molecule has 0 unspecified atom stereocenters. The molecule has 0 fully saturated rings. The molecule has 182 valence electrons. The summed E-state index contributed by atoms with van der Waals surface area (Å²) < 4.78 is 29.9. The fourth-order valence-corrected chi connectivity index (χ4v) is 5.14. The molecule has 0 bridgehead atoms. The Kier molecular flexibility index (Phi) is 5.95. The van der Waals surface area contributed by atoms with Crippen molar-refractivity contribution in [3.8, 4) is 16.9 Å². The van der Waals surface area contributed by atoms with Crippen molar-refractivity contribution >= 4 is 44.3 Å². The number of hydrogen-bond donors (Lipinski definition) is 2. The maximum Gasteiger partial charge on any atom is 0.254 e. The number of aromatic nitrogens is 1. The molecule has 0 spiro atoms. The van der Waals surface area contributed by atoms with Gasteiger partial charge in [-0.2, -0.15) is 0 Å². The minimum Gasteiger partial charge on any atom is -0.490 e. The predicted molar refractivity (Wildman–Crippen MR) is 141 cm³/mol. The highest BCUT2D eigenvalue weighted by Gasteiger charge is 2.26. The number of ether oxygens (including phenoxy) is 1.